The molecule has 2 heterocycles. The quantitative estimate of drug-likeness (QED) is 0.609. The summed E-state index contributed by atoms with van der Waals surface area (Å²) in [6, 6.07) is 8.84. The number of benzene rings is 1. The van der Waals surface area contributed by atoms with Crippen LogP contribution in [0.2, 0.25) is 0 Å². The van der Waals surface area contributed by atoms with Gasteiger partial charge in [-0.3, -0.25) is 14.9 Å². The summed E-state index contributed by atoms with van der Waals surface area (Å²) < 4.78 is 1.45. The van der Waals surface area contributed by atoms with E-state index in [9.17, 15) is 14.4 Å². The second kappa shape index (κ2) is 7.79. The first-order chi connectivity index (χ1) is 13.6. The van der Waals surface area contributed by atoms with Gasteiger partial charge in [0, 0.05) is 12.6 Å². The van der Waals surface area contributed by atoms with Crippen molar-refractivity contribution in [3.63, 3.8) is 0 Å². The van der Waals surface area contributed by atoms with Crippen LogP contribution in [0.25, 0.3) is 0 Å². The van der Waals surface area contributed by atoms with E-state index in [0.29, 0.717) is 11.6 Å². The van der Waals surface area contributed by atoms with E-state index in [2.05, 4.69) is 26.3 Å². The smallest absolute Gasteiger partial charge is 0.322 e. The molecule has 9 nitrogen and oxygen atoms in total. The predicted molar refractivity (Wildman–Crippen MR) is 98.9 cm³/mol. The molecule has 4 rings (SSSR count). The van der Waals surface area contributed by atoms with Gasteiger partial charge in [-0.2, -0.15) is 0 Å². The summed E-state index contributed by atoms with van der Waals surface area (Å²) >= 11 is 0. The van der Waals surface area contributed by atoms with Crippen molar-refractivity contribution in [1.82, 2.24) is 30.9 Å². The third kappa shape index (κ3) is 4.03. The maximum absolute atomic E-state index is 12.6. The number of hydrogen-bond acceptors (Lipinski definition) is 5. The van der Waals surface area contributed by atoms with Gasteiger partial charge in [0.05, 0.1) is 11.7 Å². The van der Waals surface area contributed by atoms with Crippen molar-refractivity contribution >= 4 is 17.8 Å². The van der Waals surface area contributed by atoms with Gasteiger partial charge in [-0.05, 0) is 24.3 Å². The number of aromatic nitrogens is 3. The van der Waals surface area contributed by atoms with Crippen molar-refractivity contribution in [2.45, 2.75) is 44.3 Å². The highest BCUT2D eigenvalue weighted by molar-refractivity contribution is 6.04. The lowest BCUT2D eigenvalue weighted by Gasteiger charge is -2.34. The first kappa shape index (κ1) is 18.1. The Morgan fingerprint density at radius 3 is 2.68 bits per heavy atom. The van der Waals surface area contributed by atoms with E-state index in [-0.39, 0.29) is 30.8 Å². The minimum atomic E-state index is -0.660. The Labute approximate surface area is 161 Å². The zero-order valence-corrected chi connectivity index (χ0v) is 15.3. The van der Waals surface area contributed by atoms with E-state index in [1.54, 1.807) is 6.20 Å². The molecule has 2 aliphatic rings. The van der Waals surface area contributed by atoms with E-state index in [1.807, 2.05) is 30.3 Å². The molecule has 1 aromatic carbocycles. The Morgan fingerprint density at radius 1 is 1.25 bits per heavy atom. The monoisotopic (exact) mass is 382 g/mol. The molecule has 9 heteroatoms. The van der Waals surface area contributed by atoms with Crippen LogP contribution in [-0.2, 0) is 22.6 Å². The van der Waals surface area contributed by atoms with Gasteiger partial charge in [-0.1, -0.05) is 42.0 Å². The van der Waals surface area contributed by atoms with Crippen LogP contribution in [0, 0.1) is 5.92 Å². The number of imide groups is 1. The fourth-order valence-corrected chi connectivity index (χ4v) is 3.59. The van der Waals surface area contributed by atoms with Crippen molar-refractivity contribution in [3.8, 4) is 0 Å². The Kier molecular flexibility index (Phi) is 5.05. The zero-order valence-electron chi connectivity index (χ0n) is 15.3. The van der Waals surface area contributed by atoms with Crippen molar-refractivity contribution in [1.29, 1.82) is 0 Å². The molecule has 1 saturated carbocycles. The summed E-state index contributed by atoms with van der Waals surface area (Å²) in [5.41, 5.74) is 1.65. The summed E-state index contributed by atoms with van der Waals surface area (Å²) in [4.78, 5) is 35.4. The van der Waals surface area contributed by atoms with Crippen LogP contribution in [-0.4, -0.2) is 38.9 Å². The number of amides is 4. The van der Waals surface area contributed by atoms with Gasteiger partial charge >= 0.3 is 6.03 Å². The Hall–Kier alpha value is -3.23. The molecule has 146 valence electrons. The minimum absolute atomic E-state index is 0.00263. The van der Waals surface area contributed by atoms with Crippen LogP contribution in [0.5, 0.6) is 0 Å². The van der Waals surface area contributed by atoms with Gasteiger partial charge in [0.1, 0.15) is 12.6 Å². The number of urea groups is 1. The lowest BCUT2D eigenvalue weighted by atomic mass is 9.77. The van der Waals surface area contributed by atoms with Gasteiger partial charge in [0.15, 0.2) is 0 Å². The molecule has 1 aliphatic heterocycles. The molecule has 28 heavy (non-hydrogen) atoms. The molecule has 4 amide bonds. The van der Waals surface area contributed by atoms with Crippen LogP contribution in [0.15, 0.2) is 36.5 Å². The van der Waals surface area contributed by atoms with E-state index >= 15 is 0 Å². The first-order valence-electron chi connectivity index (χ1n) is 9.43. The van der Waals surface area contributed by atoms with Gasteiger partial charge in [-0.15, -0.1) is 5.10 Å². The Bertz CT molecular complexity index is 877. The standard InChI is InChI=1S/C19H22N6O3/c26-16(21-17(13-7-4-8-13)12-5-2-1-3-6-12)11-25-10-14(23-24-25)9-15-18(27)22-19(28)20-15/h1-3,5-6,10,13,15,17H,4,7-9,11H2,(H,21,26)(H2,20,22,27,28). The number of nitrogens with one attached hydrogen (secondary N) is 3. The van der Waals surface area contributed by atoms with E-state index in [4.69, 9.17) is 0 Å². The molecule has 2 unspecified atom stereocenters. The Morgan fingerprint density at radius 2 is 2.04 bits per heavy atom. The third-order valence-electron chi connectivity index (χ3n) is 5.26. The lowest BCUT2D eigenvalue weighted by Crippen LogP contribution is -2.38. The normalized spacial score (nSPS) is 20.2. The maximum Gasteiger partial charge on any atom is 0.322 e. The molecule has 1 saturated heterocycles. The van der Waals surface area contributed by atoms with Crippen LogP contribution in [0.1, 0.15) is 36.6 Å². The van der Waals surface area contributed by atoms with Gasteiger partial charge in [0.2, 0.25) is 5.91 Å². The largest absolute Gasteiger partial charge is 0.347 e. The van der Waals surface area contributed by atoms with Crippen LogP contribution in [0.4, 0.5) is 4.79 Å². The number of rotatable bonds is 7. The van der Waals surface area contributed by atoms with Gasteiger partial charge in [-0.25, -0.2) is 9.48 Å². The Balaban J connectivity index is 1.36. The molecule has 2 aromatic rings. The highest BCUT2D eigenvalue weighted by Gasteiger charge is 2.31. The second-order valence-corrected chi connectivity index (χ2v) is 7.27. The molecular formula is C19H22N6O3. The van der Waals surface area contributed by atoms with Gasteiger partial charge in [0.25, 0.3) is 5.91 Å². The molecule has 3 N–H and O–H groups in total. The lowest BCUT2D eigenvalue weighted by molar-refractivity contribution is -0.123. The van der Waals surface area contributed by atoms with Crippen molar-refractivity contribution in [2.24, 2.45) is 5.92 Å². The van der Waals surface area contributed by atoms with E-state index < -0.39 is 12.1 Å². The average Bonchev–Trinajstić information content (AvgIpc) is 3.19. The van der Waals surface area contributed by atoms with E-state index in [1.165, 1.54) is 11.1 Å². The van der Waals surface area contributed by atoms with Gasteiger partial charge < -0.3 is 10.6 Å². The SMILES string of the molecule is O=C(Cn1cc(CC2NC(=O)NC2=O)nn1)NC(c1ccccc1)C1CCC1. The molecule has 1 aliphatic carbocycles. The third-order valence-corrected chi connectivity index (χ3v) is 5.26. The fraction of sp³-hybridized carbons (Fsp3) is 0.421. The number of hydrogen-bond donors (Lipinski definition) is 3. The molecular weight excluding hydrogens is 360 g/mol. The molecule has 1 aromatic heterocycles. The highest BCUT2D eigenvalue weighted by atomic mass is 16.2. The molecule has 0 radical (unpaired) electrons. The first-order valence-corrected chi connectivity index (χ1v) is 9.43. The summed E-state index contributed by atoms with van der Waals surface area (Å²) in [7, 11) is 0. The topological polar surface area (TPSA) is 118 Å². The maximum atomic E-state index is 12.6. The fourth-order valence-electron chi connectivity index (χ4n) is 3.59. The number of carbonyl (C=O) groups excluding carboxylic acids is 3. The highest BCUT2D eigenvalue weighted by Crippen LogP contribution is 2.37. The van der Waals surface area contributed by atoms with Crippen molar-refractivity contribution in [3.05, 3.63) is 47.8 Å². The predicted octanol–water partition coefficient (Wildman–Crippen LogP) is 0.686. The van der Waals surface area contributed by atoms with Crippen molar-refractivity contribution < 1.29 is 14.4 Å². The minimum Gasteiger partial charge on any atom is -0.347 e. The summed E-state index contributed by atoms with van der Waals surface area (Å²) in [5.74, 6) is -0.0604. The van der Waals surface area contributed by atoms with Crippen molar-refractivity contribution in [2.75, 3.05) is 0 Å². The van der Waals surface area contributed by atoms with Crippen LogP contribution in [0.3, 0.4) is 0 Å². The summed E-state index contributed by atoms with van der Waals surface area (Å²) in [6.07, 6.45) is 5.28. The molecule has 2 fully saturated rings. The number of nitrogens with zero attached hydrogens (tertiary/aromatic N) is 3. The van der Waals surface area contributed by atoms with Crippen LogP contribution < -0.4 is 16.0 Å². The molecule has 0 bridgehead atoms. The number of carbonyl (C=O) groups is 3. The second-order valence-electron chi connectivity index (χ2n) is 7.27. The van der Waals surface area contributed by atoms with E-state index in [0.717, 1.165) is 18.4 Å². The molecule has 2 atom stereocenters. The van der Waals surface area contributed by atoms with Crippen LogP contribution >= 0.6 is 0 Å². The molecule has 0 spiro atoms. The zero-order chi connectivity index (χ0) is 19.5. The summed E-state index contributed by atoms with van der Waals surface area (Å²) in [6.45, 7) is 0.0479. The average molecular weight is 382 g/mol. The summed E-state index contributed by atoms with van der Waals surface area (Å²) in [5, 5.41) is 15.8.